The van der Waals surface area contributed by atoms with E-state index in [1.165, 1.54) is 12.1 Å². The molecule has 24 heavy (non-hydrogen) atoms. The van der Waals surface area contributed by atoms with E-state index < -0.39 is 0 Å². The van der Waals surface area contributed by atoms with Crippen molar-refractivity contribution in [2.45, 2.75) is 6.54 Å². The van der Waals surface area contributed by atoms with E-state index in [1.54, 1.807) is 17.0 Å². The number of hydrogen-bond acceptors (Lipinski definition) is 2. The standard InChI is InChI=1S/C20H16INO2/c21-19-9-5-4-6-16(19)14-22(17-7-2-1-3-8-17)20(24)15-10-12-18(23)13-11-15/h1-13,23H,14H2. The van der Waals surface area contributed by atoms with Gasteiger partial charge in [-0.1, -0.05) is 36.4 Å². The van der Waals surface area contributed by atoms with Gasteiger partial charge in [0.2, 0.25) is 0 Å². The summed E-state index contributed by atoms with van der Waals surface area (Å²) in [6.07, 6.45) is 0. The van der Waals surface area contributed by atoms with Crippen LogP contribution in [-0.2, 0) is 6.54 Å². The van der Waals surface area contributed by atoms with Gasteiger partial charge in [-0.05, 0) is 70.6 Å². The second-order valence-electron chi connectivity index (χ2n) is 5.37. The maximum absolute atomic E-state index is 13.0. The minimum Gasteiger partial charge on any atom is -0.508 e. The molecule has 0 fully saturated rings. The highest BCUT2D eigenvalue weighted by molar-refractivity contribution is 14.1. The highest BCUT2D eigenvalue weighted by Crippen LogP contribution is 2.23. The Bertz CT molecular complexity index is 832. The molecule has 0 saturated heterocycles. The molecule has 0 radical (unpaired) electrons. The molecular formula is C20H16INO2. The molecule has 0 aliphatic carbocycles. The average molecular weight is 429 g/mol. The Morgan fingerprint density at radius 3 is 2.17 bits per heavy atom. The number of aromatic hydroxyl groups is 1. The van der Waals surface area contributed by atoms with Gasteiger partial charge in [0, 0.05) is 14.8 Å². The number of halogens is 1. The first-order chi connectivity index (χ1) is 11.6. The molecule has 3 nitrogen and oxygen atoms in total. The molecule has 0 bridgehead atoms. The van der Waals surface area contributed by atoms with E-state index in [2.05, 4.69) is 22.6 Å². The van der Waals surface area contributed by atoms with Crippen molar-refractivity contribution in [2.24, 2.45) is 0 Å². The molecule has 0 heterocycles. The minimum absolute atomic E-state index is 0.0964. The summed E-state index contributed by atoms with van der Waals surface area (Å²) in [5.41, 5.74) is 2.48. The second-order valence-corrected chi connectivity index (χ2v) is 6.53. The van der Waals surface area contributed by atoms with Gasteiger partial charge in [-0.2, -0.15) is 0 Å². The molecular weight excluding hydrogens is 413 g/mol. The topological polar surface area (TPSA) is 40.5 Å². The van der Waals surface area contributed by atoms with Gasteiger partial charge in [-0.15, -0.1) is 0 Å². The monoisotopic (exact) mass is 429 g/mol. The molecule has 0 aliphatic heterocycles. The van der Waals surface area contributed by atoms with E-state index in [0.717, 1.165) is 14.8 Å². The number of anilines is 1. The predicted molar refractivity (Wildman–Crippen MR) is 104 cm³/mol. The fourth-order valence-electron chi connectivity index (χ4n) is 2.45. The molecule has 3 aromatic rings. The van der Waals surface area contributed by atoms with Crippen LogP contribution in [0.1, 0.15) is 15.9 Å². The maximum atomic E-state index is 13.0. The molecule has 0 atom stereocenters. The third kappa shape index (κ3) is 3.76. The number of carbonyl (C=O) groups is 1. The number of amides is 1. The number of hydrogen-bond donors (Lipinski definition) is 1. The molecule has 0 saturated carbocycles. The lowest BCUT2D eigenvalue weighted by molar-refractivity contribution is 0.0985. The first kappa shape index (κ1) is 16.5. The van der Waals surface area contributed by atoms with Gasteiger partial charge >= 0.3 is 0 Å². The van der Waals surface area contributed by atoms with Crippen LogP contribution in [0.5, 0.6) is 5.75 Å². The van der Waals surface area contributed by atoms with E-state index in [9.17, 15) is 9.90 Å². The fraction of sp³-hybridized carbons (Fsp3) is 0.0500. The van der Waals surface area contributed by atoms with E-state index in [0.29, 0.717) is 12.1 Å². The lowest BCUT2D eigenvalue weighted by Crippen LogP contribution is -2.30. The molecule has 1 amide bonds. The Morgan fingerprint density at radius 1 is 0.875 bits per heavy atom. The summed E-state index contributed by atoms with van der Waals surface area (Å²) in [5, 5.41) is 9.44. The van der Waals surface area contributed by atoms with E-state index in [4.69, 9.17) is 0 Å². The average Bonchev–Trinajstić information content (AvgIpc) is 2.62. The largest absolute Gasteiger partial charge is 0.508 e. The minimum atomic E-state index is -0.0964. The SMILES string of the molecule is O=C(c1ccc(O)cc1)N(Cc1ccccc1I)c1ccccc1. The van der Waals surface area contributed by atoms with Crippen LogP contribution in [0.3, 0.4) is 0 Å². The Morgan fingerprint density at radius 2 is 1.50 bits per heavy atom. The zero-order valence-electron chi connectivity index (χ0n) is 12.9. The summed E-state index contributed by atoms with van der Waals surface area (Å²) in [6.45, 7) is 0.489. The Hall–Kier alpha value is -2.34. The van der Waals surface area contributed by atoms with E-state index in [-0.39, 0.29) is 11.7 Å². The molecule has 3 rings (SSSR count). The number of carbonyl (C=O) groups excluding carboxylic acids is 1. The predicted octanol–water partition coefficient (Wildman–Crippen LogP) is 4.84. The number of phenols is 1. The van der Waals surface area contributed by atoms with Crippen LogP contribution in [0.4, 0.5) is 5.69 Å². The number of benzene rings is 3. The van der Waals surface area contributed by atoms with Gasteiger partial charge < -0.3 is 10.0 Å². The summed E-state index contributed by atoms with van der Waals surface area (Å²) >= 11 is 2.28. The summed E-state index contributed by atoms with van der Waals surface area (Å²) in [6, 6.07) is 24.0. The van der Waals surface area contributed by atoms with Crippen molar-refractivity contribution < 1.29 is 9.90 Å². The van der Waals surface area contributed by atoms with Crippen LogP contribution in [0.15, 0.2) is 78.9 Å². The van der Waals surface area contributed by atoms with Crippen LogP contribution < -0.4 is 4.90 Å². The number of para-hydroxylation sites is 1. The first-order valence-corrected chi connectivity index (χ1v) is 8.62. The molecule has 0 unspecified atom stereocenters. The Kier molecular flexibility index (Phi) is 5.15. The third-order valence-electron chi connectivity index (χ3n) is 3.71. The zero-order valence-corrected chi connectivity index (χ0v) is 15.1. The smallest absolute Gasteiger partial charge is 0.258 e. The summed E-state index contributed by atoms with van der Waals surface area (Å²) in [5.74, 6) is 0.0521. The number of nitrogens with zero attached hydrogens (tertiary/aromatic N) is 1. The Balaban J connectivity index is 1.97. The van der Waals surface area contributed by atoms with Crippen LogP contribution >= 0.6 is 22.6 Å². The summed E-state index contributed by atoms with van der Waals surface area (Å²) < 4.78 is 1.12. The van der Waals surface area contributed by atoms with E-state index in [1.807, 2.05) is 54.6 Å². The second kappa shape index (κ2) is 7.49. The fourth-order valence-corrected chi connectivity index (χ4v) is 3.00. The van der Waals surface area contributed by atoms with Crippen molar-refractivity contribution in [1.82, 2.24) is 0 Å². The van der Waals surface area contributed by atoms with Crippen LogP contribution in [0.2, 0.25) is 0 Å². The summed E-state index contributed by atoms with van der Waals surface area (Å²) in [7, 11) is 0. The van der Waals surface area contributed by atoms with Crippen molar-refractivity contribution >= 4 is 34.2 Å². The third-order valence-corrected chi connectivity index (χ3v) is 4.77. The van der Waals surface area contributed by atoms with Crippen LogP contribution in [-0.4, -0.2) is 11.0 Å². The maximum Gasteiger partial charge on any atom is 0.258 e. The molecule has 0 spiro atoms. The molecule has 4 heteroatoms. The molecule has 0 aliphatic rings. The normalized spacial score (nSPS) is 10.4. The molecule has 0 aromatic heterocycles. The molecule has 3 aromatic carbocycles. The Labute approximate surface area is 154 Å². The highest BCUT2D eigenvalue weighted by atomic mass is 127. The quantitative estimate of drug-likeness (QED) is 0.603. The van der Waals surface area contributed by atoms with Gasteiger partial charge in [0.25, 0.3) is 5.91 Å². The number of rotatable bonds is 4. The van der Waals surface area contributed by atoms with Gasteiger partial charge in [0.15, 0.2) is 0 Å². The van der Waals surface area contributed by atoms with Crippen molar-refractivity contribution in [3.8, 4) is 5.75 Å². The lowest BCUT2D eigenvalue weighted by Gasteiger charge is -2.24. The van der Waals surface area contributed by atoms with Crippen LogP contribution in [0.25, 0.3) is 0 Å². The molecule has 120 valence electrons. The van der Waals surface area contributed by atoms with Crippen molar-refractivity contribution in [3.05, 3.63) is 93.6 Å². The molecule has 1 N–H and O–H groups in total. The lowest BCUT2D eigenvalue weighted by atomic mass is 10.1. The van der Waals surface area contributed by atoms with E-state index >= 15 is 0 Å². The highest BCUT2D eigenvalue weighted by Gasteiger charge is 2.19. The van der Waals surface area contributed by atoms with Crippen molar-refractivity contribution in [2.75, 3.05) is 4.90 Å². The van der Waals surface area contributed by atoms with Crippen LogP contribution in [0, 0.1) is 3.57 Å². The summed E-state index contributed by atoms with van der Waals surface area (Å²) in [4.78, 5) is 14.8. The van der Waals surface area contributed by atoms with Crippen molar-refractivity contribution in [3.63, 3.8) is 0 Å². The number of phenolic OH excluding ortho intramolecular Hbond substituents is 1. The van der Waals surface area contributed by atoms with Gasteiger partial charge in [-0.25, -0.2) is 0 Å². The zero-order chi connectivity index (χ0) is 16.9. The van der Waals surface area contributed by atoms with Gasteiger partial charge in [0.1, 0.15) is 5.75 Å². The van der Waals surface area contributed by atoms with Crippen molar-refractivity contribution in [1.29, 1.82) is 0 Å². The van der Waals surface area contributed by atoms with Gasteiger partial charge in [-0.3, -0.25) is 4.79 Å². The van der Waals surface area contributed by atoms with Gasteiger partial charge in [0.05, 0.1) is 6.54 Å². The first-order valence-electron chi connectivity index (χ1n) is 7.54.